The van der Waals surface area contributed by atoms with Crippen molar-refractivity contribution in [1.82, 2.24) is 4.98 Å². The summed E-state index contributed by atoms with van der Waals surface area (Å²) in [6.45, 7) is 2.28. The van der Waals surface area contributed by atoms with E-state index in [2.05, 4.69) is 47.1 Å². The van der Waals surface area contributed by atoms with E-state index in [1.165, 1.54) is 0 Å². The molecule has 0 bridgehead atoms. The molecule has 0 unspecified atom stereocenters. The molecule has 0 saturated heterocycles. The number of aryl methyl sites for hydroxylation is 1. The number of aromatic amines is 1. The third-order valence-corrected chi connectivity index (χ3v) is 5.29. The number of nitrogens with one attached hydrogen (secondary N) is 1. The molecule has 28 heavy (non-hydrogen) atoms. The van der Waals surface area contributed by atoms with Gasteiger partial charge in [0.25, 0.3) is 5.91 Å². The van der Waals surface area contributed by atoms with Gasteiger partial charge in [-0.05, 0) is 65.2 Å². The molecular weight excluding hydrogens is 513 g/mol. The molecule has 6 nitrogen and oxygen atoms in total. The van der Waals surface area contributed by atoms with Gasteiger partial charge in [-0.3, -0.25) is 4.79 Å². The summed E-state index contributed by atoms with van der Waals surface area (Å²) in [7, 11) is 0. The van der Waals surface area contributed by atoms with Crippen molar-refractivity contribution in [2.45, 2.75) is 19.8 Å². The van der Waals surface area contributed by atoms with E-state index in [0.717, 1.165) is 20.3 Å². The number of aromatic hydroxyl groups is 1. The van der Waals surface area contributed by atoms with E-state index < -0.39 is 0 Å². The molecule has 0 aliphatic rings. The van der Waals surface area contributed by atoms with E-state index in [0.29, 0.717) is 29.0 Å². The summed E-state index contributed by atoms with van der Waals surface area (Å²) in [5.41, 5.74) is 1.83. The number of H-pyrrole nitrogens is 1. The molecule has 2 aromatic carbocycles. The van der Waals surface area contributed by atoms with E-state index in [1.54, 1.807) is 18.2 Å². The summed E-state index contributed by atoms with van der Waals surface area (Å²) >= 11 is 12.7. The van der Waals surface area contributed by atoms with Gasteiger partial charge in [-0.1, -0.05) is 27.5 Å². The van der Waals surface area contributed by atoms with Crippen LogP contribution >= 0.6 is 43.5 Å². The second-order valence-corrected chi connectivity index (χ2v) is 8.29. The summed E-state index contributed by atoms with van der Waals surface area (Å²) < 4.78 is 7.22. The minimum Gasteiger partial charge on any atom is -0.493 e. The highest BCUT2D eigenvalue weighted by atomic mass is 79.9. The Morgan fingerprint density at radius 3 is 2.82 bits per heavy atom. The summed E-state index contributed by atoms with van der Waals surface area (Å²) in [4.78, 5) is 14.8. The lowest BCUT2D eigenvalue weighted by Gasteiger charge is -2.08. The largest absolute Gasteiger partial charge is 0.493 e. The van der Waals surface area contributed by atoms with Crippen molar-refractivity contribution in [3.8, 4) is 11.6 Å². The number of aromatic nitrogens is 1. The number of nitrogens with zero attached hydrogens (tertiary/aromatic N) is 2. The molecule has 2 N–H and O–H groups in total. The molecular formula is C19H16Br2ClN3O3. The maximum absolute atomic E-state index is 12.0. The van der Waals surface area contributed by atoms with Crippen LogP contribution in [0.25, 0.3) is 10.9 Å². The number of azo groups is 1. The van der Waals surface area contributed by atoms with Crippen LogP contribution in [0.4, 0.5) is 5.69 Å². The topological polar surface area (TPSA) is 87.0 Å². The Bertz CT molecular complexity index is 1070. The van der Waals surface area contributed by atoms with Gasteiger partial charge in [-0.15, -0.1) is 10.2 Å². The molecule has 146 valence electrons. The second kappa shape index (κ2) is 9.07. The molecule has 3 aromatic rings. The van der Waals surface area contributed by atoms with Crippen LogP contribution in [0.1, 0.15) is 18.4 Å². The molecule has 1 heterocycles. The van der Waals surface area contributed by atoms with Crippen LogP contribution in [0.5, 0.6) is 11.6 Å². The Kier molecular flexibility index (Phi) is 6.74. The van der Waals surface area contributed by atoms with Crippen molar-refractivity contribution in [2.24, 2.45) is 10.2 Å². The van der Waals surface area contributed by atoms with Crippen LogP contribution in [0.2, 0.25) is 5.02 Å². The van der Waals surface area contributed by atoms with Gasteiger partial charge < -0.3 is 14.8 Å². The molecule has 3 rings (SSSR count). The summed E-state index contributed by atoms with van der Waals surface area (Å²) in [5.74, 6) is 0.199. The molecule has 0 radical (unpaired) electrons. The Morgan fingerprint density at radius 2 is 2.07 bits per heavy atom. The van der Waals surface area contributed by atoms with E-state index in [-0.39, 0.29) is 23.9 Å². The van der Waals surface area contributed by atoms with Crippen LogP contribution < -0.4 is 4.74 Å². The first-order chi connectivity index (χ1) is 13.3. The number of ether oxygens (including phenoxy) is 1. The minimum absolute atomic E-state index is 0.146. The number of carbonyl (C=O) groups excluding carboxylic acids is 1. The quantitative estimate of drug-likeness (QED) is 0.271. The molecule has 0 saturated carbocycles. The number of rotatable bonds is 6. The first kappa shape index (κ1) is 20.8. The molecule has 0 spiro atoms. The number of benzene rings is 2. The summed E-state index contributed by atoms with van der Waals surface area (Å²) in [6.07, 6.45) is 0.684. The molecule has 0 fully saturated rings. The SMILES string of the molecule is Cc1cc(Cl)ccc1OCCCC(=O)N=Nc1c(O)[nH]c2c(Br)cc(Br)cc12. The second-order valence-electron chi connectivity index (χ2n) is 6.09. The molecule has 1 aromatic heterocycles. The van der Waals surface area contributed by atoms with E-state index in [9.17, 15) is 9.90 Å². The lowest BCUT2D eigenvalue weighted by molar-refractivity contribution is -0.118. The fraction of sp³-hybridized carbons (Fsp3) is 0.211. The fourth-order valence-electron chi connectivity index (χ4n) is 2.63. The number of amides is 1. The van der Waals surface area contributed by atoms with Gasteiger partial charge in [-0.25, -0.2) is 0 Å². The Labute approximate surface area is 183 Å². The number of halogens is 3. The van der Waals surface area contributed by atoms with Gasteiger partial charge >= 0.3 is 0 Å². The van der Waals surface area contributed by atoms with Crippen LogP contribution in [-0.2, 0) is 4.79 Å². The zero-order valence-corrected chi connectivity index (χ0v) is 18.7. The average Bonchev–Trinajstić information content (AvgIpc) is 2.94. The number of carbonyl (C=O) groups is 1. The molecule has 0 aliphatic heterocycles. The van der Waals surface area contributed by atoms with Crippen LogP contribution in [0.3, 0.4) is 0 Å². The monoisotopic (exact) mass is 527 g/mol. The number of hydrogen-bond acceptors (Lipinski definition) is 4. The first-order valence-electron chi connectivity index (χ1n) is 8.38. The third kappa shape index (κ3) is 4.92. The predicted octanol–water partition coefficient (Wildman–Crippen LogP) is 6.83. The third-order valence-electron chi connectivity index (χ3n) is 3.97. The Morgan fingerprint density at radius 1 is 1.29 bits per heavy atom. The van der Waals surface area contributed by atoms with Gasteiger partial charge in [0.15, 0.2) is 5.69 Å². The predicted molar refractivity (Wildman–Crippen MR) is 116 cm³/mol. The standard InChI is InChI=1S/C19H16Br2ClN3O3/c1-10-7-12(22)4-5-15(10)28-6-2-3-16(26)24-25-18-13-8-11(20)9-14(21)17(13)23-19(18)27/h4-5,7-9,23,27H,2-3,6H2,1H3. The molecule has 9 heteroatoms. The number of hydrogen-bond donors (Lipinski definition) is 2. The van der Waals surface area contributed by atoms with Crippen LogP contribution in [0, 0.1) is 6.92 Å². The van der Waals surface area contributed by atoms with Gasteiger partial charge in [0.1, 0.15) is 5.75 Å². The van der Waals surface area contributed by atoms with Gasteiger partial charge in [0, 0.05) is 25.8 Å². The van der Waals surface area contributed by atoms with Crippen molar-refractivity contribution in [3.63, 3.8) is 0 Å². The minimum atomic E-state index is -0.390. The first-order valence-corrected chi connectivity index (χ1v) is 10.3. The highest BCUT2D eigenvalue weighted by molar-refractivity contribution is 9.11. The fourth-order valence-corrected chi connectivity index (χ4v) is 4.18. The van der Waals surface area contributed by atoms with Crippen molar-refractivity contribution < 1.29 is 14.6 Å². The van der Waals surface area contributed by atoms with E-state index >= 15 is 0 Å². The normalized spacial score (nSPS) is 11.4. The Hall–Kier alpha value is -1.90. The van der Waals surface area contributed by atoms with Crippen molar-refractivity contribution >= 4 is 66.0 Å². The highest BCUT2D eigenvalue weighted by Crippen LogP contribution is 2.40. The van der Waals surface area contributed by atoms with Crippen molar-refractivity contribution in [3.05, 3.63) is 49.9 Å². The van der Waals surface area contributed by atoms with Gasteiger partial charge in [0.05, 0.1) is 12.1 Å². The molecule has 1 amide bonds. The maximum Gasteiger partial charge on any atom is 0.264 e. The Balaban J connectivity index is 1.58. The lowest BCUT2D eigenvalue weighted by Crippen LogP contribution is -2.02. The van der Waals surface area contributed by atoms with E-state index in [1.807, 2.05) is 19.1 Å². The zero-order valence-electron chi connectivity index (χ0n) is 14.8. The maximum atomic E-state index is 12.0. The van der Waals surface area contributed by atoms with E-state index in [4.69, 9.17) is 16.3 Å². The average molecular weight is 530 g/mol. The van der Waals surface area contributed by atoms with Gasteiger partial charge in [-0.2, -0.15) is 0 Å². The lowest BCUT2D eigenvalue weighted by atomic mass is 10.2. The smallest absolute Gasteiger partial charge is 0.264 e. The highest BCUT2D eigenvalue weighted by Gasteiger charge is 2.14. The summed E-state index contributed by atoms with van der Waals surface area (Å²) in [6, 6.07) is 9.01. The summed E-state index contributed by atoms with van der Waals surface area (Å²) in [5, 5.41) is 19.0. The zero-order chi connectivity index (χ0) is 20.3. The molecule has 0 aliphatic carbocycles. The van der Waals surface area contributed by atoms with Crippen molar-refractivity contribution in [1.29, 1.82) is 0 Å². The van der Waals surface area contributed by atoms with Crippen molar-refractivity contribution in [2.75, 3.05) is 6.61 Å². The van der Waals surface area contributed by atoms with Crippen LogP contribution in [0.15, 0.2) is 49.5 Å². The van der Waals surface area contributed by atoms with Gasteiger partial charge in [0.2, 0.25) is 5.88 Å². The number of fused-ring (bicyclic) bond motifs is 1. The van der Waals surface area contributed by atoms with Crippen LogP contribution in [-0.4, -0.2) is 22.6 Å². The molecule has 0 atom stereocenters.